The molecule has 1 aliphatic heterocycles. The first kappa shape index (κ1) is 14.5. The Hall–Kier alpha value is -1.56. The van der Waals surface area contributed by atoms with Gasteiger partial charge in [-0.1, -0.05) is 13.3 Å². The number of carbonyl (C=O) groups excluding carboxylic acids is 2. The molecule has 0 bridgehead atoms. The van der Waals surface area contributed by atoms with Crippen LogP contribution in [0.15, 0.2) is 11.3 Å². The molecule has 0 fully saturated rings. The molecular formula is C12H20N2O4. The predicted molar refractivity (Wildman–Crippen MR) is 65.6 cm³/mol. The van der Waals surface area contributed by atoms with Gasteiger partial charge in [0, 0.05) is 19.2 Å². The highest BCUT2D eigenvalue weighted by atomic mass is 16.5. The maximum absolute atomic E-state index is 11.7. The third kappa shape index (κ3) is 3.73. The van der Waals surface area contributed by atoms with E-state index >= 15 is 0 Å². The largest absolute Gasteiger partial charge is 0.466 e. The smallest absolute Gasteiger partial charge is 0.335 e. The average Bonchev–Trinajstić information content (AvgIpc) is 2.54. The minimum Gasteiger partial charge on any atom is -0.466 e. The number of allylic oxidation sites excluding steroid dienone is 1. The van der Waals surface area contributed by atoms with E-state index in [-0.39, 0.29) is 6.03 Å². The number of rotatable bonds is 5. The maximum atomic E-state index is 11.7. The van der Waals surface area contributed by atoms with E-state index in [1.807, 2.05) is 6.92 Å². The maximum Gasteiger partial charge on any atom is 0.335 e. The monoisotopic (exact) mass is 256 g/mol. The zero-order chi connectivity index (χ0) is 13.5. The van der Waals surface area contributed by atoms with Crippen LogP contribution in [0.5, 0.6) is 0 Å². The van der Waals surface area contributed by atoms with Gasteiger partial charge in [-0.05, 0) is 12.8 Å². The molecule has 0 aromatic carbocycles. The van der Waals surface area contributed by atoms with Crippen molar-refractivity contribution in [3.63, 3.8) is 0 Å². The number of methoxy groups -OCH3 is 2. The Bertz CT molecular complexity index is 352. The van der Waals surface area contributed by atoms with Crippen molar-refractivity contribution >= 4 is 12.0 Å². The van der Waals surface area contributed by atoms with Crippen LogP contribution >= 0.6 is 0 Å². The second kappa shape index (κ2) is 7.00. The minimum absolute atomic E-state index is 0.307. The lowest BCUT2D eigenvalue weighted by atomic mass is 10.1. The zero-order valence-electron chi connectivity index (χ0n) is 11.0. The van der Waals surface area contributed by atoms with E-state index in [4.69, 9.17) is 9.47 Å². The Morgan fingerprint density at radius 1 is 1.44 bits per heavy atom. The molecule has 6 heteroatoms. The molecule has 0 aromatic rings. The van der Waals surface area contributed by atoms with Gasteiger partial charge in [-0.25, -0.2) is 9.59 Å². The fraction of sp³-hybridized carbons (Fsp3) is 0.667. The third-order valence-corrected chi connectivity index (χ3v) is 2.81. The van der Waals surface area contributed by atoms with Crippen LogP contribution in [0.25, 0.3) is 0 Å². The number of urea groups is 1. The van der Waals surface area contributed by atoms with Gasteiger partial charge in [-0.15, -0.1) is 0 Å². The molecule has 1 aliphatic rings. The van der Waals surface area contributed by atoms with Crippen molar-refractivity contribution in [1.82, 2.24) is 10.6 Å². The fourth-order valence-electron chi connectivity index (χ4n) is 1.79. The lowest BCUT2D eigenvalue weighted by Gasteiger charge is -2.14. The number of hydrogen-bond acceptors (Lipinski definition) is 4. The molecule has 1 atom stereocenters. The molecule has 1 rings (SSSR count). The van der Waals surface area contributed by atoms with E-state index in [1.165, 1.54) is 14.2 Å². The van der Waals surface area contributed by atoms with Gasteiger partial charge < -0.3 is 20.1 Å². The molecule has 0 saturated carbocycles. The number of carbonyl (C=O) groups is 2. The number of hydrogen-bond donors (Lipinski definition) is 2. The Labute approximate surface area is 107 Å². The van der Waals surface area contributed by atoms with E-state index < -0.39 is 12.2 Å². The predicted octanol–water partition coefficient (Wildman–Crippen LogP) is 1.28. The summed E-state index contributed by atoms with van der Waals surface area (Å²) < 4.78 is 9.86. The second-order valence-electron chi connectivity index (χ2n) is 4.08. The van der Waals surface area contributed by atoms with Gasteiger partial charge >= 0.3 is 12.0 Å². The van der Waals surface area contributed by atoms with Gasteiger partial charge in [0.2, 0.25) is 0 Å². The Morgan fingerprint density at radius 3 is 2.72 bits per heavy atom. The van der Waals surface area contributed by atoms with Crippen LogP contribution in [0.2, 0.25) is 0 Å². The van der Waals surface area contributed by atoms with E-state index in [9.17, 15) is 9.59 Å². The standard InChI is InChI=1S/C12H20N2O4/c1-4-5-6-9-8(11(15)18-3)7-10(17-2)14-12(16)13-9/h10H,4-7H2,1-3H3,(H2,13,14,16). The van der Waals surface area contributed by atoms with Crippen LogP contribution < -0.4 is 10.6 Å². The van der Waals surface area contributed by atoms with Gasteiger partial charge in [0.1, 0.15) is 6.23 Å². The van der Waals surface area contributed by atoms with Crippen LogP contribution in [0.1, 0.15) is 32.6 Å². The summed E-state index contributed by atoms with van der Waals surface area (Å²) in [5.74, 6) is -0.424. The summed E-state index contributed by atoms with van der Waals surface area (Å²) in [4.78, 5) is 23.3. The van der Waals surface area contributed by atoms with E-state index in [2.05, 4.69) is 10.6 Å². The highest BCUT2D eigenvalue weighted by molar-refractivity contribution is 5.91. The van der Waals surface area contributed by atoms with Crippen molar-refractivity contribution in [3.8, 4) is 0 Å². The van der Waals surface area contributed by atoms with Crippen molar-refractivity contribution in [2.45, 2.75) is 38.8 Å². The molecule has 0 spiro atoms. The van der Waals surface area contributed by atoms with Crippen LogP contribution in [0.3, 0.4) is 0 Å². The van der Waals surface area contributed by atoms with Crippen LogP contribution in [0, 0.1) is 0 Å². The van der Waals surface area contributed by atoms with Gasteiger partial charge in [-0.2, -0.15) is 0 Å². The zero-order valence-corrected chi connectivity index (χ0v) is 11.0. The SMILES string of the molecule is CCCCC1=C(C(=O)OC)CC(OC)NC(=O)N1. The van der Waals surface area contributed by atoms with Gasteiger partial charge in [0.15, 0.2) is 0 Å². The first-order valence-electron chi connectivity index (χ1n) is 6.03. The summed E-state index contributed by atoms with van der Waals surface area (Å²) >= 11 is 0. The molecule has 18 heavy (non-hydrogen) atoms. The molecule has 0 aromatic heterocycles. The molecule has 102 valence electrons. The van der Waals surface area contributed by atoms with Crippen LogP contribution in [0.4, 0.5) is 4.79 Å². The fourth-order valence-corrected chi connectivity index (χ4v) is 1.79. The Morgan fingerprint density at radius 2 is 2.17 bits per heavy atom. The van der Waals surface area contributed by atoms with E-state index in [0.717, 1.165) is 12.8 Å². The molecular weight excluding hydrogens is 236 g/mol. The number of amides is 2. The van der Waals surface area contributed by atoms with Crippen molar-refractivity contribution < 1.29 is 19.1 Å². The molecule has 2 N–H and O–H groups in total. The number of nitrogens with one attached hydrogen (secondary N) is 2. The van der Waals surface area contributed by atoms with Gasteiger partial charge in [0.25, 0.3) is 0 Å². The molecule has 0 aliphatic carbocycles. The van der Waals surface area contributed by atoms with Crippen molar-refractivity contribution in [1.29, 1.82) is 0 Å². The third-order valence-electron chi connectivity index (χ3n) is 2.81. The molecule has 1 unspecified atom stereocenters. The van der Waals surface area contributed by atoms with Gasteiger partial charge in [-0.3, -0.25) is 0 Å². The highest BCUT2D eigenvalue weighted by Crippen LogP contribution is 2.19. The number of esters is 1. The van der Waals surface area contributed by atoms with Crippen molar-refractivity contribution in [2.24, 2.45) is 0 Å². The quantitative estimate of drug-likeness (QED) is 0.726. The normalized spacial score (nSPS) is 19.9. The topological polar surface area (TPSA) is 76.7 Å². The summed E-state index contributed by atoms with van der Waals surface area (Å²) in [5.41, 5.74) is 1.09. The molecule has 0 radical (unpaired) electrons. The lowest BCUT2D eigenvalue weighted by molar-refractivity contribution is -0.136. The Kier molecular flexibility index (Phi) is 5.64. The summed E-state index contributed by atoms with van der Waals surface area (Å²) in [6, 6.07) is -0.355. The summed E-state index contributed by atoms with van der Waals surface area (Å²) in [7, 11) is 2.81. The average molecular weight is 256 g/mol. The van der Waals surface area contributed by atoms with Crippen LogP contribution in [-0.2, 0) is 14.3 Å². The molecule has 2 amide bonds. The highest BCUT2D eigenvalue weighted by Gasteiger charge is 2.26. The summed E-state index contributed by atoms with van der Waals surface area (Å²) in [5, 5.41) is 5.31. The van der Waals surface area contributed by atoms with Crippen LogP contribution in [-0.4, -0.2) is 32.4 Å². The van der Waals surface area contributed by atoms with Crippen molar-refractivity contribution in [3.05, 3.63) is 11.3 Å². The first-order valence-corrected chi connectivity index (χ1v) is 6.03. The first-order chi connectivity index (χ1) is 8.62. The second-order valence-corrected chi connectivity index (χ2v) is 4.08. The van der Waals surface area contributed by atoms with E-state index in [0.29, 0.717) is 24.1 Å². The number of ether oxygens (including phenoxy) is 2. The van der Waals surface area contributed by atoms with Gasteiger partial charge in [0.05, 0.1) is 12.7 Å². The Balaban J connectivity index is 2.98. The molecule has 1 heterocycles. The molecule has 0 saturated heterocycles. The summed E-state index contributed by atoms with van der Waals surface area (Å²) in [6.45, 7) is 2.05. The molecule has 6 nitrogen and oxygen atoms in total. The minimum atomic E-state index is -0.516. The van der Waals surface area contributed by atoms with Crippen molar-refractivity contribution in [2.75, 3.05) is 14.2 Å². The van der Waals surface area contributed by atoms with E-state index in [1.54, 1.807) is 0 Å². The summed E-state index contributed by atoms with van der Waals surface area (Å²) in [6.07, 6.45) is 2.31. The lowest BCUT2D eigenvalue weighted by Crippen LogP contribution is -2.40. The number of unbranched alkanes of at least 4 members (excludes halogenated alkanes) is 1.